The zero-order valence-electron chi connectivity index (χ0n) is 11.2. The van der Waals surface area contributed by atoms with Gasteiger partial charge in [-0.25, -0.2) is 0 Å². The molecule has 0 aliphatic carbocycles. The van der Waals surface area contributed by atoms with Gasteiger partial charge in [0.15, 0.2) is 0 Å². The number of carbonyl (C=O) groups is 1. The van der Waals surface area contributed by atoms with Crippen LogP contribution in [0.2, 0.25) is 0 Å². The van der Waals surface area contributed by atoms with Crippen molar-refractivity contribution in [1.82, 2.24) is 5.32 Å². The van der Waals surface area contributed by atoms with Crippen LogP contribution in [-0.4, -0.2) is 5.91 Å². The second-order valence-corrected chi connectivity index (χ2v) is 5.53. The molecule has 0 bridgehead atoms. The number of carbonyl (C=O) groups excluding carboxylic acids is 1. The Hall–Kier alpha value is -1.65. The summed E-state index contributed by atoms with van der Waals surface area (Å²) in [7, 11) is 0. The van der Waals surface area contributed by atoms with Crippen molar-refractivity contribution < 1.29 is 4.79 Å². The van der Waals surface area contributed by atoms with Crippen LogP contribution in [0.3, 0.4) is 0 Å². The van der Waals surface area contributed by atoms with E-state index in [1.165, 1.54) is 18.1 Å². The van der Waals surface area contributed by atoms with Crippen LogP contribution in [0.5, 0.6) is 0 Å². The van der Waals surface area contributed by atoms with Crippen LogP contribution in [0.1, 0.15) is 22.9 Å². The zero-order valence-corrected chi connectivity index (χ0v) is 12.0. The standard InChI is InChI=1S/C15H18N2OS/c1-11-4-3-5-13(8-11)9-16-10-15-14(6-7-19-15)17-12(2)18/h3-8,16H,9-10H2,1-2H3,(H,17,18). The van der Waals surface area contributed by atoms with Crippen molar-refractivity contribution in [1.29, 1.82) is 0 Å². The number of rotatable bonds is 5. The fourth-order valence-corrected chi connectivity index (χ4v) is 2.72. The topological polar surface area (TPSA) is 41.1 Å². The fraction of sp³-hybridized carbons (Fsp3) is 0.267. The molecule has 0 atom stereocenters. The Morgan fingerprint density at radius 1 is 1.26 bits per heavy atom. The molecule has 2 N–H and O–H groups in total. The number of hydrogen-bond acceptors (Lipinski definition) is 3. The van der Waals surface area contributed by atoms with Crippen molar-refractivity contribution in [2.75, 3.05) is 5.32 Å². The van der Waals surface area contributed by atoms with Crippen molar-refractivity contribution in [2.24, 2.45) is 0 Å². The Morgan fingerprint density at radius 3 is 2.84 bits per heavy atom. The molecule has 3 nitrogen and oxygen atoms in total. The number of nitrogens with one attached hydrogen (secondary N) is 2. The Bertz CT molecular complexity index is 563. The molecule has 0 aliphatic heterocycles. The molecule has 0 fully saturated rings. The number of anilines is 1. The molecule has 0 saturated carbocycles. The first-order valence-electron chi connectivity index (χ1n) is 6.25. The molecular formula is C15H18N2OS. The van der Waals surface area contributed by atoms with E-state index in [0.29, 0.717) is 0 Å². The minimum absolute atomic E-state index is 0.0293. The first-order valence-corrected chi connectivity index (χ1v) is 7.13. The van der Waals surface area contributed by atoms with Gasteiger partial charge in [0.05, 0.1) is 5.69 Å². The SMILES string of the molecule is CC(=O)Nc1ccsc1CNCc1cccc(C)c1. The van der Waals surface area contributed by atoms with Gasteiger partial charge in [-0.05, 0) is 23.9 Å². The highest BCUT2D eigenvalue weighted by Crippen LogP contribution is 2.22. The van der Waals surface area contributed by atoms with Crippen molar-refractivity contribution in [2.45, 2.75) is 26.9 Å². The van der Waals surface area contributed by atoms with Gasteiger partial charge in [0, 0.05) is 24.9 Å². The summed E-state index contributed by atoms with van der Waals surface area (Å²) in [5.41, 5.74) is 3.46. The van der Waals surface area contributed by atoms with E-state index < -0.39 is 0 Å². The second-order valence-electron chi connectivity index (χ2n) is 4.53. The zero-order chi connectivity index (χ0) is 13.7. The third-order valence-electron chi connectivity index (χ3n) is 2.75. The lowest BCUT2D eigenvalue weighted by Crippen LogP contribution is -2.14. The maximum atomic E-state index is 11.1. The minimum atomic E-state index is -0.0293. The average molecular weight is 274 g/mol. The van der Waals surface area contributed by atoms with E-state index in [2.05, 4.69) is 41.8 Å². The Morgan fingerprint density at radius 2 is 2.11 bits per heavy atom. The fourth-order valence-electron chi connectivity index (χ4n) is 1.92. The van der Waals surface area contributed by atoms with Gasteiger partial charge in [-0.2, -0.15) is 0 Å². The summed E-state index contributed by atoms with van der Waals surface area (Å²) < 4.78 is 0. The first-order chi connectivity index (χ1) is 9.15. The summed E-state index contributed by atoms with van der Waals surface area (Å²) in [4.78, 5) is 12.2. The molecule has 1 amide bonds. The second kappa shape index (κ2) is 6.50. The van der Waals surface area contributed by atoms with Crippen molar-refractivity contribution in [3.8, 4) is 0 Å². The number of amides is 1. The number of benzene rings is 1. The van der Waals surface area contributed by atoms with Crippen LogP contribution in [-0.2, 0) is 17.9 Å². The third kappa shape index (κ3) is 4.19. The average Bonchev–Trinajstić information content (AvgIpc) is 2.76. The summed E-state index contributed by atoms with van der Waals surface area (Å²) in [6, 6.07) is 10.4. The number of aryl methyl sites for hydroxylation is 1. The van der Waals surface area contributed by atoms with Gasteiger partial charge in [-0.3, -0.25) is 4.79 Å². The van der Waals surface area contributed by atoms with Crippen LogP contribution in [0, 0.1) is 6.92 Å². The van der Waals surface area contributed by atoms with Crippen molar-refractivity contribution in [3.63, 3.8) is 0 Å². The van der Waals surface area contributed by atoms with Crippen molar-refractivity contribution >= 4 is 22.9 Å². The van der Waals surface area contributed by atoms with Gasteiger partial charge in [0.2, 0.25) is 5.91 Å². The largest absolute Gasteiger partial charge is 0.325 e. The van der Waals surface area contributed by atoms with Crippen LogP contribution in [0.4, 0.5) is 5.69 Å². The lowest BCUT2D eigenvalue weighted by Gasteiger charge is -2.07. The molecule has 2 rings (SSSR count). The molecule has 0 saturated heterocycles. The molecule has 0 radical (unpaired) electrons. The Balaban J connectivity index is 1.89. The maximum Gasteiger partial charge on any atom is 0.221 e. The van der Waals surface area contributed by atoms with E-state index in [1.807, 2.05) is 11.4 Å². The van der Waals surface area contributed by atoms with Gasteiger partial charge in [-0.1, -0.05) is 29.8 Å². The minimum Gasteiger partial charge on any atom is -0.325 e. The van der Waals surface area contributed by atoms with Gasteiger partial charge in [0.1, 0.15) is 0 Å². The molecule has 2 aromatic rings. The first kappa shape index (κ1) is 13.8. The van der Waals surface area contributed by atoms with Crippen molar-refractivity contribution in [3.05, 3.63) is 51.7 Å². The molecule has 0 unspecified atom stereocenters. The highest BCUT2D eigenvalue weighted by molar-refractivity contribution is 7.10. The molecule has 0 spiro atoms. The van der Waals surface area contributed by atoms with E-state index >= 15 is 0 Å². The lowest BCUT2D eigenvalue weighted by molar-refractivity contribution is -0.114. The summed E-state index contributed by atoms with van der Waals surface area (Å²) in [6.45, 7) is 5.22. The van der Waals surface area contributed by atoms with Gasteiger partial charge in [0.25, 0.3) is 0 Å². The van der Waals surface area contributed by atoms with E-state index in [1.54, 1.807) is 11.3 Å². The van der Waals surface area contributed by atoms with E-state index in [-0.39, 0.29) is 5.91 Å². The lowest BCUT2D eigenvalue weighted by atomic mass is 10.1. The van der Waals surface area contributed by atoms with Crippen LogP contribution < -0.4 is 10.6 Å². The summed E-state index contributed by atoms with van der Waals surface area (Å²) in [6.07, 6.45) is 0. The van der Waals surface area contributed by atoms with Gasteiger partial charge < -0.3 is 10.6 Å². The molecule has 1 aromatic heterocycles. The van der Waals surface area contributed by atoms with Gasteiger partial charge >= 0.3 is 0 Å². The molecule has 0 aliphatic rings. The van der Waals surface area contributed by atoms with Gasteiger partial charge in [-0.15, -0.1) is 11.3 Å². The quantitative estimate of drug-likeness (QED) is 0.878. The molecule has 100 valence electrons. The summed E-state index contributed by atoms with van der Waals surface area (Å²) in [5.74, 6) is -0.0293. The molecular weight excluding hydrogens is 256 g/mol. The molecule has 1 heterocycles. The number of thiophene rings is 1. The molecule has 4 heteroatoms. The molecule has 19 heavy (non-hydrogen) atoms. The smallest absolute Gasteiger partial charge is 0.221 e. The summed E-state index contributed by atoms with van der Waals surface area (Å²) in [5, 5.41) is 8.24. The highest BCUT2D eigenvalue weighted by Gasteiger charge is 2.05. The summed E-state index contributed by atoms with van der Waals surface area (Å²) >= 11 is 1.65. The molecule has 1 aromatic carbocycles. The monoisotopic (exact) mass is 274 g/mol. The maximum absolute atomic E-state index is 11.1. The highest BCUT2D eigenvalue weighted by atomic mass is 32.1. The predicted octanol–water partition coefficient (Wildman–Crippen LogP) is 3.30. The van der Waals surface area contributed by atoms with Crippen LogP contribution in [0.15, 0.2) is 35.7 Å². The van der Waals surface area contributed by atoms with Crippen LogP contribution >= 0.6 is 11.3 Å². The van der Waals surface area contributed by atoms with E-state index in [0.717, 1.165) is 23.7 Å². The Kier molecular flexibility index (Phi) is 4.71. The third-order valence-corrected chi connectivity index (χ3v) is 3.67. The van der Waals surface area contributed by atoms with Crippen LogP contribution in [0.25, 0.3) is 0 Å². The normalized spacial score (nSPS) is 10.4. The predicted molar refractivity (Wildman–Crippen MR) is 80.3 cm³/mol. The van der Waals surface area contributed by atoms with E-state index in [4.69, 9.17) is 0 Å². The Labute approximate surface area is 117 Å². The number of hydrogen-bond donors (Lipinski definition) is 2. The van der Waals surface area contributed by atoms with E-state index in [9.17, 15) is 4.79 Å².